The first kappa shape index (κ1) is 22.6. The molecule has 1 N–H and O–H groups in total. The summed E-state index contributed by atoms with van der Waals surface area (Å²) in [4.78, 5) is 24.5. The Morgan fingerprint density at radius 3 is 2.52 bits per heavy atom. The molecule has 0 atom stereocenters. The highest BCUT2D eigenvalue weighted by molar-refractivity contribution is 7.92. The summed E-state index contributed by atoms with van der Waals surface area (Å²) in [5.41, 5.74) is 1.15. The van der Waals surface area contributed by atoms with Gasteiger partial charge < -0.3 is 10.1 Å². The Kier molecular flexibility index (Phi) is 7.21. The van der Waals surface area contributed by atoms with Crippen molar-refractivity contribution >= 4 is 44.9 Å². The lowest BCUT2D eigenvalue weighted by atomic mass is 10.1. The third kappa shape index (κ3) is 5.68. The van der Waals surface area contributed by atoms with Crippen molar-refractivity contribution in [1.82, 2.24) is 0 Å². The van der Waals surface area contributed by atoms with E-state index in [-0.39, 0.29) is 22.9 Å². The summed E-state index contributed by atoms with van der Waals surface area (Å²) in [7, 11) is -3.86. The number of hydrogen-bond acceptors (Lipinski definition) is 5. The second kappa shape index (κ2) is 9.23. The summed E-state index contributed by atoms with van der Waals surface area (Å²) in [6.07, 6.45) is 0.921. The van der Waals surface area contributed by atoms with E-state index in [0.717, 1.165) is 22.7 Å². The summed E-state index contributed by atoms with van der Waals surface area (Å²) in [6.45, 7) is 2.96. The molecule has 0 aromatic heterocycles. The van der Waals surface area contributed by atoms with Crippen molar-refractivity contribution in [1.29, 1.82) is 0 Å². The number of hydrogen-bond donors (Lipinski definition) is 1. The minimum absolute atomic E-state index is 0.0473. The van der Waals surface area contributed by atoms with Gasteiger partial charge in [0.1, 0.15) is 12.4 Å². The molecule has 2 aromatic rings. The Morgan fingerprint density at radius 2 is 1.93 bits per heavy atom. The highest BCUT2D eigenvalue weighted by Gasteiger charge is 2.22. The number of nitrogens with zero attached hydrogens (tertiary/aromatic N) is 1. The van der Waals surface area contributed by atoms with Crippen molar-refractivity contribution in [3.8, 4) is 0 Å². The van der Waals surface area contributed by atoms with E-state index in [1.54, 1.807) is 32.0 Å². The van der Waals surface area contributed by atoms with E-state index >= 15 is 0 Å². The number of benzene rings is 2. The lowest BCUT2D eigenvalue weighted by molar-refractivity contribution is -0.114. The quantitative estimate of drug-likeness (QED) is 0.663. The number of esters is 1. The first-order chi connectivity index (χ1) is 13.5. The number of anilines is 2. The van der Waals surface area contributed by atoms with Gasteiger partial charge in [0.05, 0.1) is 29.1 Å². The Morgan fingerprint density at radius 1 is 1.24 bits per heavy atom. The summed E-state index contributed by atoms with van der Waals surface area (Å²) in [5, 5.41) is 2.32. The van der Waals surface area contributed by atoms with Gasteiger partial charge in [0.2, 0.25) is 15.9 Å². The molecule has 0 radical (unpaired) electrons. The normalized spacial score (nSPS) is 11.1. The zero-order valence-electron chi connectivity index (χ0n) is 16.0. The number of halogens is 2. The van der Waals surface area contributed by atoms with E-state index in [4.69, 9.17) is 16.3 Å². The SMILES string of the molecule is CCOC(=O)c1cccc(NC(=O)CN(c2ccc(F)c(Cl)c2)S(C)(=O)=O)c1C. The molecule has 0 fully saturated rings. The average molecular weight is 443 g/mol. The molecule has 0 aliphatic carbocycles. The van der Waals surface area contributed by atoms with Gasteiger partial charge in [-0.15, -0.1) is 0 Å². The van der Waals surface area contributed by atoms with Gasteiger partial charge in [-0.3, -0.25) is 9.10 Å². The van der Waals surface area contributed by atoms with E-state index in [1.165, 1.54) is 6.07 Å². The van der Waals surface area contributed by atoms with Gasteiger partial charge in [-0.1, -0.05) is 17.7 Å². The maximum absolute atomic E-state index is 13.4. The average Bonchev–Trinajstić information content (AvgIpc) is 2.63. The molecule has 10 heteroatoms. The standard InChI is InChI=1S/C19H20ClFN2O5S/c1-4-28-19(25)14-6-5-7-17(12(14)2)22-18(24)11-23(29(3,26)27)13-8-9-16(21)15(20)10-13/h5-10H,4,11H2,1-3H3,(H,22,24). The third-order valence-corrected chi connectivity index (χ3v) is 5.41. The molecule has 0 aliphatic heterocycles. The highest BCUT2D eigenvalue weighted by Crippen LogP contribution is 2.25. The van der Waals surface area contributed by atoms with Crippen molar-refractivity contribution in [2.75, 3.05) is 29.0 Å². The van der Waals surface area contributed by atoms with E-state index in [9.17, 15) is 22.4 Å². The number of rotatable bonds is 7. The van der Waals surface area contributed by atoms with Crippen LogP contribution in [0.2, 0.25) is 5.02 Å². The van der Waals surface area contributed by atoms with Crippen molar-refractivity contribution in [3.63, 3.8) is 0 Å². The second-order valence-corrected chi connectivity index (χ2v) is 8.43. The molecule has 29 heavy (non-hydrogen) atoms. The molecule has 0 bridgehead atoms. The van der Waals surface area contributed by atoms with E-state index in [2.05, 4.69) is 5.32 Å². The van der Waals surface area contributed by atoms with E-state index in [1.807, 2.05) is 0 Å². The van der Waals surface area contributed by atoms with Crippen LogP contribution in [-0.2, 0) is 19.6 Å². The molecule has 7 nitrogen and oxygen atoms in total. The highest BCUT2D eigenvalue weighted by atomic mass is 35.5. The van der Waals surface area contributed by atoms with Crippen LogP contribution in [0.25, 0.3) is 0 Å². The van der Waals surface area contributed by atoms with Crippen LogP contribution >= 0.6 is 11.6 Å². The summed E-state index contributed by atoms with van der Waals surface area (Å²) >= 11 is 5.73. The second-order valence-electron chi connectivity index (χ2n) is 6.11. The van der Waals surface area contributed by atoms with Crippen molar-refractivity contribution in [2.45, 2.75) is 13.8 Å². The Hall–Kier alpha value is -2.65. The Bertz CT molecular complexity index is 1040. The Balaban J connectivity index is 2.26. The van der Waals surface area contributed by atoms with Crippen LogP contribution in [0, 0.1) is 12.7 Å². The summed E-state index contributed by atoms with van der Waals surface area (Å²) in [6, 6.07) is 8.06. The minimum atomic E-state index is -3.86. The number of sulfonamides is 1. The van der Waals surface area contributed by atoms with Crippen molar-refractivity contribution in [2.24, 2.45) is 0 Å². The maximum Gasteiger partial charge on any atom is 0.338 e. The summed E-state index contributed by atoms with van der Waals surface area (Å²) in [5.74, 6) is -1.89. The van der Waals surface area contributed by atoms with Gasteiger partial charge in [-0.05, 0) is 49.7 Å². The number of carbonyl (C=O) groups excluding carboxylic acids is 2. The molecular formula is C19H20ClFN2O5S. The third-order valence-electron chi connectivity index (χ3n) is 3.98. The first-order valence-electron chi connectivity index (χ1n) is 8.54. The van der Waals surface area contributed by atoms with Gasteiger partial charge in [-0.2, -0.15) is 0 Å². The molecule has 0 spiro atoms. The van der Waals surface area contributed by atoms with Gasteiger partial charge in [0.15, 0.2) is 0 Å². The maximum atomic E-state index is 13.4. The van der Waals surface area contributed by atoms with Gasteiger partial charge in [0.25, 0.3) is 0 Å². The van der Waals surface area contributed by atoms with Crippen LogP contribution in [-0.4, -0.2) is 39.7 Å². The predicted octanol–water partition coefficient (Wildman–Crippen LogP) is 3.37. The van der Waals surface area contributed by atoms with Gasteiger partial charge in [-0.25, -0.2) is 17.6 Å². The molecular weight excluding hydrogens is 423 g/mol. The molecule has 2 rings (SSSR count). The minimum Gasteiger partial charge on any atom is -0.462 e. The van der Waals surface area contributed by atoms with Gasteiger partial charge in [0, 0.05) is 5.69 Å². The number of amides is 1. The Labute approximate surface area is 173 Å². The number of ether oxygens (including phenoxy) is 1. The lowest BCUT2D eigenvalue weighted by Gasteiger charge is -2.22. The van der Waals surface area contributed by atoms with Crippen LogP contribution in [0.1, 0.15) is 22.8 Å². The fraction of sp³-hybridized carbons (Fsp3) is 0.263. The fourth-order valence-electron chi connectivity index (χ4n) is 2.56. The monoisotopic (exact) mass is 442 g/mol. The van der Waals surface area contributed by atoms with E-state index in [0.29, 0.717) is 11.3 Å². The van der Waals surface area contributed by atoms with Crippen LogP contribution in [0.3, 0.4) is 0 Å². The number of carbonyl (C=O) groups is 2. The first-order valence-corrected chi connectivity index (χ1v) is 10.8. The number of nitrogens with one attached hydrogen (secondary N) is 1. The van der Waals surface area contributed by atoms with Crippen molar-refractivity contribution < 1.29 is 27.1 Å². The molecule has 0 saturated heterocycles. The molecule has 156 valence electrons. The molecule has 0 heterocycles. The van der Waals surface area contributed by atoms with E-state index < -0.39 is 34.3 Å². The molecule has 2 aromatic carbocycles. The molecule has 0 unspecified atom stereocenters. The van der Waals surface area contributed by atoms with Crippen LogP contribution in [0.4, 0.5) is 15.8 Å². The predicted molar refractivity (Wildman–Crippen MR) is 109 cm³/mol. The van der Waals surface area contributed by atoms with Crippen LogP contribution in [0.5, 0.6) is 0 Å². The largest absolute Gasteiger partial charge is 0.462 e. The molecule has 0 saturated carbocycles. The zero-order chi connectivity index (χ0) is 21.8. The summed E-state index contributed by atoms with van der Waals surface area (Å²) < 4.78 is 43.5. The van der Waals surface area contributed by atoms with Gasteiger partial charge >= 0.3 is 5.97 Å². The topological polar surface area (TPSA) is 92.8 Å². The zero-order valence-corrected chi connectivity index (χ0v) is 17.6. The van der Waals surface area contributed by atoms with Crippen molar-refractivity contribution in [3.05, 3.63) is 58.4 Å². The molecule has 0 aliphatic rings. The lowest BCUT2D eigenvalue weighted by Crippen LogP contribution is -2.37. The van der Waals surface area contributed by atoms with Crippen LogP contribution in [0.15, 0.2) is 36.4 Å². The fourth-order valence-corrected chi connectivity index (χ4v) is 3.58. The van der Waals surface area contributed by atoms with Crippen LogP contribution < -0.4 is 9.62 Å². The smallest absolute Gasteiger partial charge is 0.338 e. The molecule has 1 amide bonds.